The van der Waals surface area contributed by atoms with Crippen LogP contribution >= 0.6 is 11.8 Å². The van der Waals surface area contributed by atoms with Crippen molar-refractivity contribution in [2.24, 2.45) is 0 Å². The van der Waals surface area contributed by atoms with E-state index >= 15 is 0 Å². The molecule has 1 aromatic rings. The molecule has 1 aromatic carbocycles. The number of aryl methyl sites for hydroxylation is 1. The van der Waals surface area contributed by atoms with Gasteiger partial charge in [-0.3, -0.25) is 0 Å². The van der Waals surface area contributed by atoms with Gasteiger partial charge in [0.2, 0.25) is 0 Å². The van der Waals surface area contributed by atoms with Gasteiger partial charge in [0.15, 0.2) is 0 Å². The lowest BCUT2D eigenvalue weighted by Gasteiger charge is -2.29. The van der Waals surface area contributed by atoms with E-state index in [1.165, 1.54) is 17.2 Å². The Morgan fingerprint density at radius 1 is 1.38 bits per heavy atom. The molecule has 0 aromatic heterocycles. The van der Waals surface area contributed by atoms with E-state index in [4.69, 9.17) is 0 Å². The largest absolute Gasteiger partial charge is 0.370 e. The van der Waals surface area contributed by atoms with Crippen LogP contribution in [0.3, 0.4) is 0 Å². The third-order valence-electron chi connectivity index (χ3n) is 3.82. The molecule has 0 aliphatic carbocycles. The van der Waals surface area contributed by atoms with Gasteiger partial charge in [-0.05, 0) is 44.0 Å². The van der Waals surface area contributed by atoms with Crippen molar-refractivity contribution in [2.45, 2.75) is 33.2 Å². The van der Waals surface area contributed by atoms with Crippen molar-refractivity contribution in [3.05, 3.63) is 23.8 Å². The minimum atomic E-state index is -0.130. The van der Waals surface area contributed by atoms with Crippen molar-refractivity contribution in [3.8, 4) is 0 Å². The second kappa shape index (κ2) is 7.59. The monoisotopic (exact) mass is 307 g/mol. The highest BCUT2D eigenvalue weighted by Crippen LogP contribution is 2.24. The molecule has 2 N–H and O–H groups in total. The standard InChI is InChI=1S/C16H25N3OS/c1-4-13(3)17-16(20)18-15-6-5-14(11-12(15)2)19-7-9-21-10-8-19/h5-6,11,13H,4,7-10H2,1-3H3,(H2,17,18,20)/t13-/m1/s1. The highest BCUT2D eigenvalue weighted by molar-refractivity contribution is 7.99. The van der Waals surface area contributed by atoms with Crippen molar-refractivity contribution in [1.82, 2.24) is 5.32 Å². The summed E-state index contributed by atoms with van der Waals surface area (Å²) in [5, 5.41) is 5.85. The predicted molar refractivity (Wildman–Crippen MR) is 92.6 cm³/mol. The van der Waals surface area contributed by atoms with Gasteiger partial charge in [0.05, 0.1) is 0 Å². The fraction of sp³-hybridized carbons (Fsp3) is 0.562. The molecule has 1 aliphatic heterocycles. The van der Waals surface area contributed by atoms with Crippen LogP contribution in [0.15, 0.2) is 18.2 Å². The summed E-state index contributed by atoms with van der Waals surface area (Å²) in [5.41, 5.74) is 3.23. The second-order valence-electron chi connectivity index (χ2n) is 5.51. The van der Waals surface area contributed by atoms with E-state index in [1.807, 2.05) is 31.7 Å². The summed E-state index contributed by atoms with van der Waals surface area (Å²) >= 11 is 2.01. The average Bonchev–Trinajstić information content (AvgIpc) is 2.50. The predicted octanol–water partition coefficient (Wildman–Crippen LogP) is 3.47. The van der Waals surface area contributed by atoms with E-state index in [2.05, 4.69) is 34.6 Å². The zero-order chi connectivity index (χ0) is 15.2. The summed E-state index contributed by atoms with van der Waals surface area (Å²) in [4.78, 5) is 14.3. The summed E-state index contributed by atoms with van der Waals surface area (Å²) in [6.45, 7) is 8.31. The smallest absolute Gasteiger partial charge is 0.319 e. The van der Waals surface area contributed by atoms with E-state index in [-0.39, 0.29) is 12.1 Å². The number of hydrogen-bond acceptors (Lipinski definition) is 3. The molecule has 1 fully saturated rings. The molecule has 4 nitrogen and oxygen atoms in total. The molecule has 0 saturated carbocycles. The Labute approximate surface area is 131 Å². The van der Waals surface area contributed by atoms with Gasteiger partial charge < -0.3 is 15.5 Å². The van der Waals surface area contributed by atoms with Gasteiger partial charge in [-0.2, -0.15) is 11.8 Å². The van der Waals surface area contributed by atoms with Crippen molar-refractivity contribution in [1.29, 1.82) is 0 Å². The average molecular weight is 307 g/mol. The lowest BCUT2D eigenvalue weighted by Crippen LogP contribution is -2.35. The normalized spacial score (nSPS) is 16.4. The molecular formula is C16H25N3OS. The van der Waals surface area contributed by atoms with E-state index in [0.29, 0.717) is 0 Å². The molecule has 2 amide bonds. The Morgan fingerprint density at radius 2 is 2.10 bits per heavy atom. The van der Waals surface area contributed by atoms with E-state index < -0.39 is 0 Å². The van der Waals surface area contributed by atoms with Crippen molar-refractivity contribution in [3.63, 3.8) is 0 Å². The molecule has 2 rings (SSSR count). The molecule has 116 valence electrons. The highest BCUT2D eigenvalue weighted by atomic mass is 32.2. The maximum Gasteiger partial charge on any atom is 0.319 e. The first-order valence-corrected chi connectivity index (χ1v) is 8.76. The summed E-state index contributed by atoms with van der Waals surface area (Å²) in [5.74, 6) is 2.38. The maximum absolute atomic E-state index is 11.9. The molecular weight excluding hydrogens is 282 g/mol. The summed E-state index contributed by atoms with van der Waals surface area (Å²) < 4.78 is 0. The Morgan fingerprint density at radius 3 is 2.71 bits per heavy atom. The lowest BCUT2D eigenvalue weighted by atomic mass is 10.1. The SMILES string of the molecule is CC[C@@H](C)NC(=O)Nc1ccc(N2CCSCC2)cc1C. The number of amides is 2. The molecule has 21 heavy (non-hydrogen) atoms. The maximum atomic E-state index is 11.9. The van der Waals surface area contributed by atoms with Crippen LogP contribution in [0.5, 0.6) is 0 Å². The zero-order valence-corrected chi connectivity index (χ0v) is 13.9. The second-order valence-corrected chi connectivity index (χ2v) is 6.73. The summed E-state index contributed by atoms with van der Waals surface area (Å²) in [6.07, 6.45) is 0.929. The Bertz CT molecular complexity index is 486. The van der Waals surface area contributed by atoms with Gasteiger partial charge in [-0.15, -0.1) is 0 Å². The van der Waals surface area contributed by atoms with Crippen molar-refractivity contribution >= 4 is 29.2 Å². The molecule has 1 atom stereocenters. The van der Waals surface area contributed by atoms with Crippen molar-refractivity contribution in [2.75, 3.05) is 34.8 Å². The first-order valence-electron chi connectivity index (χ1n) is 7.61. The fourth-order valence-corrected chi connectivity index (χ4v) is 3.19. The molecule has 1 heterocycles. The van der Waals surface area contributed by atoms with Crippen molar-refractivity contribution < 1.29 is 4.79 Å². The van der Waals surface area contributed by atoms with Gasteiger partial charge in [0.25, 0.3) is 0 Å². The van der Waals surface area contributed by atoms with Crippen LogP contribution < -0.4 is 15.5 Å². The quantitative estimate of drug-likeness (QED) is 0.895. The fourth-order valence-electron chi connectivity index (χ4n) is 2.29. The molecule has 0 bridgehead atoms. The number of rotatable bonds is 4. The first-order chi connectivity index (χ1) is 10.1. The minimum absolute atomic E-state index is 0.130. The van der Waals surface area contributed by atoms with Crippen LogP contribution in [0.2, 0.25) is 0 Å². The topological polar surface area (TPSA) is 44.4 Å². The number of thioether (sulfide) groups is 1. The van der Waals surface area contributed by atoms with Crippen LogP contribution in [0.25, 0.3) is 0 Å². The van der Waals surface area contributed by atoms with Crippen LogP contribution in [-0.2, 0) is 0 Å². The summed E-state index contributed by atoms with van der Waals surface area (Å²) in [6, 6.07) is 6.32. The molecule has 5 heteroatoms. The van der Waals surface area contributed by atoms with Crippen LogP contribution in [0.4, 0.5) is 16.2 Å². The van der Waals surface area contributed by atoms with Crippen LogP contribution in [0, 0.1) is 6.92 Å². The zero-order valence-electron chi connectivity index (χ0n) is 13.1. The molecule has 1 aliphatic rings. The number of nitrogens with one attached hydrogen (secondary N) is 2. The minimum Gasteiger partial charge on any atom is -0.370 e. The Balaban J connectivity index is 2.00. The number of benzene rings is 1. The number of carbonyl (C=O) groups excluding carboxylic acids is 1. The van der Waals surface area contributed by atoms with Gasteiger partial charge in [0.1, 0.15) is 0 Å². The van der Waals surface area contributed by atoms with Gasteiger partial charge >= 0.3 is 6.03 Å². The summed E-state index contributed by atoms with van der Waals surface area (Å²) in [7, 11) is 0. The molecule has 0 unspecified atom stereocenters. The van der Waals surface area contributed by atoms with Gasteiger partial charge in [0, 0.05) is 42.0 Å². The van der Waals surface area contributed by atoms with E-state index in [0.717, 1.165) is 30.8 Å². The number of urea groups is 1. The van der Waals surface area contributed by atoms with Gasteiger partial charge in [-0.1, -0.05) is 6.92 Å². The number of hydrogen-bond donors (Lipinski definition) is 2. The molecule has 1 saturated heterocycles. The third kappa shape index (κ3) is 4.56. The van der Waals surface area contributed by atoms with Gasteiger partial charge in [-0.25, -0.2) is 4.79 Å². The number of nitrogens with zero attached hydrogens (tertiary/aromatic N) is 1. The van der Waals surface area contributed by atoms with E-state index in [9.17, 15) is 4.79 Å². The number of anilines is 2. The highest BCUT2D eigenvalue weighted by Gasteiger charge is 2.13. The number of carbonyl (C=O) groups is 1. The van der Waals surface area contributed by atoms with E-state index in [1.54, 1.807) is 0 Å². The Kier molecular flexibility index (Phi) is 5.79. The first kappa shape index (κ1) is 16.0. The molecule has 0 spiro atoms. The third-order valence-corrected chi connectivity index (χ3v) is 4.77. The Hall–Kier alpha value is -1.36. The van der Waals surface area contributed by atoms with Crippen LogP contribution in [0.1, 0.15) is 25.8 Å². The lowest BCUT2D eigenvalue weighted by molar-refractivity contribution is 0.249. The molecule has 0 radical (unpaired) electrons. The van der Waals surface area contributed by atoms with Crippen LogP contribution in [-0.4, -0.2) is 36.7 Å².